The molecule has 0 saturated heterocycles. The summed E-state index contributed by atoms with van der Waals surface area (Å²) in [5.74, 6) is 0. The van der Waals surface area contributed by atoms with E-state index in [4.69, 9.17) is 0 Å². The van der Waals surface area contributed by atoms with E-state index in [0.717, 1.165) is 7.11 Å². The third-order valence-corrected chi connectivity index (χ3v) is 1.24. The molecule has 5 nitrogen and oxygen atoms in total. The van der Waals surface area contributed by atoms with Gasteiger partial charge in [0.25, 0.3) is 0 Å². The Morgan fingerprint density at radius 2 is 1.90 bits per heavy atom. The molecule has 0 heterocycles. The quantitative estimate of drug-likeness (QED) is 0.322. The topological polar surface area (TPSA) is 61.8 Å². The standard InChI is InChI=1S/C3H8O5S.Na.H/c1-3-7-9(4,5)8-6-2;;/h3H2,1-2H3;;. The van der Waals surface area contributed by atoms with Crippen molar-refractivity contribution >= 4 is 40.0 Å². The van der Waals surface area contributed by atoms with E-state index >= 15 is 0 Å². The van der Waals surface area contributed by atoms with E-state index in [2.05, 4.69) is 13.4 Å². The molecule has 10 heavy (non-hydrogen) atoms. The summed E-state index contributed by atoms with van der Waals surface area (Å²) >= 11 is 0. The van der Waals surface area contributed by atoms with Gasteiger partial charge in [0.1, 0.15) is 0 Å². The number of hydrogen-bond donors (Lipinski definition) is 0. The molecule has 0 fully saturated rings. The Morgan fingerprint density at radius 3 is 2.20 bits per heavy atom. The average Bonchev–Trinajstić information content (AvgIpc) is 1.64. The second kappa shape index (κ2) is 6.53. The van der Waals surface area contributed by atoms with Crippen LogP contribution in [0.25, 0.3) is 0 Å². The maximum absolute atomic E-state index is 10.3. The van der Waals surface area contributed by atoms with Crippen LogP contribution < -0.4 is 0 Å². The second-order valence-electron chi connectivity index (χ2n) is 1.05. The monoisotopic (exact) mass is 180 g/mol. The average molecular weight is 180 g/mol. The summed E-state index contributed by atoms with van der Waals surface area (Å²) in [6.07, 6.45) is 0. The fourth-order valence-electron chi connectivity index (χ4n) is 0.247. The number of hydrogen-bond acceptors (Lipinski definition) is 5. The van der Waals surface area contributed by atoms with Crippen LogP contribution in [0.4, 0.5) is 0 Å². The van der Waals surface area contributed by atoms with Gasteiger partial charge in [-0.25, -0.2) is 9.07 Å². The van der Waals surface area contributed by atoms with E-state index in [-0.39, 0.29) is 36.2 Å². The van der Waals surface area contributed by atoms with E-state index in [1.807, 2.05) is 0 Å². The van der Waals surface area contributed by atoms with Gasteiger partial charge in [-0.15, -0.1) is 0 Å². The zero-order valence-electron chi connectivity index (χ0n) is 5.16. The normalized spacial score (nSPS) is 10.6. The molecule has 0 spiro atoms. The van der Waals surface area contributed by atoms with Gasteiger partial charge in [-0.2, -0.15) is 8.42 Å². The molecule has 0 saturated carbocycles. The van der Waals surface area contributed by atoms with Crippen LogP contribution >= 0.6 is 0 Å². The van der Waals surface area contributed by atoms with E-state index in [0.29, 0.717) is 0 Å². The van der Waals surface area contributed by atoms with Gasteiger partial charge < -0.3 is 0 Å². The molecule has 0 rings (SSSR count). The van der Waals surface area contributed by atoms with Crippen LogP contribution in [0.15, 0.2) is 0 Å². The first kappa shape index (κ1) is 13.4. The van der Waals surface area contributed by atoms with Crippen LogP contribution in [0, 0.1) is 0 Å². The Balaban J connectivity index is 0. The molecule has 0 aliphatic carbocycles. The molecule has 0 bridgehead atoms. The maximum atomic E-state index is 10.3. The Labute approximate surface area is 82.2 Å². The Morgan fingerprint density at radius 1 is 1.40 bits per heavy atom. The Bertz CT molecular complexity index is 140. The fraction of sp³-hybridized carbons (Fsp3) is 1.00. The third-order valence-electron chi connectivity index (χ3n) is 0.414. The summed E-state index contributed by atoms with van der Waals surface area (Å²) in [5.41, 5.74) is 0. The van der Waals surface area contributed by atoms with Crippen molar-refractivity contribution in [2.75, 3.05) is 13.7 Å². The first-order valence-corrected chi connectivity index (χ1v) is 3.57. The van der Waals surface area contributed by atoms with E-state index in [1.54, 1.807) is 0 Å². The van der Waals surface area contributed by atoms with Gasteiger partial charge in [-0.1, -0.05) is 4.33 Å². The molecule has 0 unspecified atom stereocenters. The predicted octanol–water partition coefficient (Wildman–Crippen LogP) is -0.803. The van der Waals surface area contributed by atoms with Crippen molar-refractivity contribution in [3.63, 3.8) is 0 Å². The molecule has 0 N–H and O–H groups in total. The predicted molar refractivity (Wildman–Crippen MR) is 35.8 cm³/mol. The van der Waals surface area contributed by atoms with Crippen LogP contribution in [-0.2, 0) is 23.8 Å². The van der Waals surface area contributed by atoms with Crippen LogP contribution in [0.1, 0.15) is 6.92 Å². The van der Waals surface area contributed by atoms with Crippen molar-refractivity contribution in [3.8, 4) is 0 Å². The summed E-state index contributed by atoms with van der Waals surface area (Å²) in [7, 11) is -2.82. The summed E-state index contributed by atoms with van der Waals surface area (Å²) in [6.45, 7) is 1.56. The van der Waals surface area contributed by atoms with E-state index < -0.39 is 10.4 Å². The van der Waals surface area contributed by atoms with Crippen LogP contribution in [0.5, 0.6) is 0 Å². The van der Waals surface area contributed by atoms with Gasteiger partial charge in [-0.3, -0.25) is 0 Å². The SMILES string of the molecule is CCOS(=O)(=O)OOC.[NaH]. The molecular weight excluding hydrogens is 171 g/mol. The van der Waals surface area contributed by atoms with Gasteiger partial charge in [0, 0.05) is 0 Å². The third kappa shape index (κ3) is 6.94. The van der Waals surface area contributed by atoms with Crippen LogP contribution in [-0.4, -0.2) is 51.7 Å². The summed E-state index contributed by atoms with van der Waals surface area (Å²) in [6, 6.07) is 0. The Hall–Kier alpha value is 0.830. The fourth-order valence-corrected chi connectivity index (χ4v) is 0.742. The molecule has 0 aromatic heterocycles. The zero-order valence-corrected chi connectivity index (χ0v) is 5.97. The van der Waals surface area contributed by atoms with E-state index in [1.165, 1.54) is 6.92 Å². The summed E-state index contributed by atoms with van der Waals surface area (Å²) < 4.78 is 28.3. The van der Waals surface area contributed by atoms with Crippen LogP contribution in [0.3, 0.4) is 0 Å². The van der Waals surface area contributed by atoms with Crippen molar-refractivity contribution < 1.29 is 21.8 Å². The first-order chi connectivity index (χ1) is 4.12. The van der Waals surface area contributed by atoms with Crippen LogP contribution in [0.2, 0.25) is 0 Å². The van der Waals surface area contributed by atoms with Crippen molar-refractivity contribution in [2.24, 2.45) is 0 Å². The molecule has 0 amide bonds. The second-order valence-corrected chi connectivity index (χ2v) is 2.24. The summed E-state index contributed by atoms with van der Waals surface area (Å²) in [5, 5.41) is 0. The van der Waals surface area contributed by atoms with Gasteiger partial charge in [-0.05, 0) is 6.92 Å². The van der Waals surface area contributed by atoms with Gasteiger partial charge in [0.05, 0.1) is 13.7 Å². The zero-order chi connectivity index (χ0) is 7.33. The van der Waals surface area contributed by atoms with Crippen molar-refractivity contribution in [2.45, 2.75) is 6.92 Å². The summed E-state index contributed by atoms with van der Waals surface area (Å²) in [4.78, 5) is 3.85. The molecule has 0 atom stereocenters. The molecule has 0 aromatic carbocycles. The van der Waals surface area contributed by atoms with Crippen molar-refractivity contribution in [1.82, 2.24) is 0 Å². The van der Waals surface area contributed by atoms with Gasteiger partial charge in [0.2, 0.25) is 0 Å². The minimum atomic E-state index is -3.90. The molecule has 58 valence electrons. The molecular formula is C3H9NaO5S. The van der Waals surface area contributed by atoms with Crippen molar-refractivity contribution in [1.29, 1.82) is 0 Å². The van der Waals surface area contributed by atoms with E-state index in [9.17, 15) is 8.42 Å². The molecule has 0 radical (unpaired) electrons. The molecule has 7 heteroatoms. The molecule has 0 aliphatic rings. The molecule has 0 aromatic rings. The molecule has 0 aliphatic heterocycles. The minimum absolute atomic E-state index is 0. The van der Waals surface area contributed by atoms with Gasteiger partial charge >= 0.3 is 40.0 Å². The Kier molecular flexibility index (Phi) is 8.77. The number of rotatable bonds is 4. The van der Waals surface area contributed by atoms with Crippen molar-refractivity contribution in [3.05, 3.63) is 0 Å². The van der Waals surface area contributed by atoms with Gasteiger partial charge in [0.15, 0.2) is 0 Å². The first-order valence-electron chi connectivity index (χ1n) is 2.24.